The molecule has 0 saturated heterocycles. The molecule has 0 aliphatic heterocycles. The number of hydrogen-bond acceptors (Lipinski definition) is 5. The van der Waals surface area contributed by atoms with Crippen molar-refractivity contribution in [2.45, 2.75) is 27.0 Å². The number of carbonyl (C=O) groups is 1. The van der Waals surface area contributed by atoms with Crippen LogP contribution in [0.25, 0.3) is 0 Å². The van der Waals surface area contributed by atoms with Gasteiger partial charge in [0.2, 0.25) is 5.88 Å². The first-order chi connectivity index (χ1) is 14.0. The fraction of sp³-hybridized carbons (Fsp3) is 0.238. The normalized spacial score (nSPS) is 10.7. The van der Waals surface area contributed by atoms with E-state index < -0.39 is 0 Å². The lowest BCUT2D eigenvalue weighted by molar-refractivity contribution is 0.112. The van der Waals surface area contributed by atoms with E-state index >= 15 is 0 Å². The van der Waals surface area contributed by atoms with Gasteiger partial charge in [-0.1, -0.05) is 35.3 Å². The van der Waals surface area contributed by atoms with Crippen molar-refractivity contribution in [3.05, 3.63) is 63.3 Å². The summed E-state index contributed by atoms with van der Waals surface area (Å²) >= 11 is 12.6. The van der Waals surface area contributed by atoms with Crippen molar-refractivity contribution in [2.75, 3.05) is 7.11 Å². The monoisotopic (exact) mass is 434 g/mol. The largest absolute Gasteiger partial charge is 0.497 e. The van der Waals surface area contributed by atoms with E-state index in [0.717, 1.165) is 17.6 Å². The van der Waals surface area contributed by atoms with E-state index in [4.69, 9.17) is 37.4 Å². The highest BCUT2D eigenvalue weighted by Crippen LogP contribution is 2.39. The second-order valence-corrected chi connectivity index (χ2v) is 7.00. The number of nitrogens with zero attached hydrogens (tertiary/aromatic N) is 2. The smallest absolute Gasteiger partial charge is 0.228 e. The first-order valence-electron chi connectivity index (χ1n) is 8.92. The molecule has 0 amide bonds. The number of halogens is 2. The molecule has 29 heavy (non-hydrogen) atoms. The Morgan fingerprint density at radius 2 is 1.79 bits per heavy atom. The van der Waals surface area contributed by atoms with Crippen LogP contribution in [0.3, 0.4) is 0 Å². The van der Waals surface area contributed by atoms with Crippen LogP contribution in [-0.4, -0.2) is 23.2 Å². The van der Waals surface area contributed by atoms with Crippen LogP contribution in [0, 0.1) is 6.92 Å². The van der Waals surface area contributed by atoms with Gasteiger partial charge in [0.05, 0.1) is 28.4 Å². The minimum Gasteiger partial charge on any atom is -0.497 e. The summed E-state index contributed by atoms with van der Waals surface area (Å²) in [6.45, 7) is 4.49. The minimum atomic E-state index is 0.296. The lowest BCUT2D eigenvalue weighted by atomic mass is 10.2. The van der Waals surface area contributed by atoms with E-state index in [1.165, 1.54) is 0 Å². The molecule has 0 atom stereocenters. The predicted octanol–water partition coefficient (Wildman–Crippen LogP) is 5.71. The number of aldehydes is 1. The van der Waals surface area contributed by atoms with Crippen molar-refractivity contribution in [1.82, 2.24) is 9.78 Å². The van der Waals surface area contributed by atoms with Crippen LogP contribution < -0.4 is 14.2 Å². The van der Waals surface area contributed by atoms with Crippen molar-refractivity contribution < 1.29 is 19.0 Å². The molecule has 3 rings (SSSR count). The number of aryl methyl sites for hydroxylation is 2. The molecular weight excluding hydrogens is 415 g/mol. The summed E-state index contributed by atoms with van der Waals surface area (Å²) in [5.41, 5.74) is 1.90. The van der Waals surface area contributed by atoms with Crippen LogP contribution in [0.4, 0.5) is 0 Å². The highest BCUT2D eigenvalue weighted by atomic mass is 35.5. The van der Waals surface area contributed by atoms with Crippen molar-refractivity contribution in [1.29, 1.82) is 0 Å². The highest BCUT2D eigenvalue weighted by Gasteiger charge is 2.19. The molecule has 0 N–H and O–H groups in total. The Morgan fingerprint density at radius 1 is 1.10 bits per heavy atom. The molecule has 8 heteroatoms. The first-order valence-corrected chi connectivity index (χ1v) is 9.67. The topological polar surface area (TPSA) is 62.6 Å². The molecule has 0 fully saturated rings. The second-order valence-electron chi connectivity index (χ2n) is 6.19. The molecule has 0 radical (unpaired) electrons. The zero-order valence-corrected chi connectivity index (χ0v) is 17.8. The quantitative estimate of drug-likeness (QED) is 0.424. The van der Waals surface area contributed by atoms with Gasteiger partial charge in [-0.15, -0.1) is 0 Å². The zero-order chi connectivity index (χ0) is 21.0. The minimum absolute atomic E-state index is 0.296. The van der Waals surface area contributed by atoms with Crippen LogP contribution in [0.15, 0.2) is 36.4 Å². The van der Waals surface area contributed by atoms with Gasteiger partial charge in [0.25, 0.3) is 0 Å². The third-order valence-corrected chi connectivity index (χ3v) is 4.88. The standard InChI is InChI=1S/C21H20Cl2N2O4/c1-4-25-21(16(11-26)13(2)24-25)29-20-10-19(17(22)9-18(20)23)28-12-14-5-7-15(27-3)8-6-14/h5-11H,4,12H2,1-3H3. The first kappa shape index (κ1) is 21.0. The highest BCUT2D eigenvalue weighted by molar-refractivity contribution is 6.36. The number of benzene rings is 2. The molecule has 6 nitrogen and oxygen atoms in total. The van der Waals surface area contributed by atoms with E-state index in [1.807, 2.05) is 31.2 Å². The lowest BCUT2D eigenvalue weighted by Crippen LogP contribution is -2.02. The molecular formula is C21H20Cl2N2O4. The Kier molecular flexibility index (Phi) is 6.67. The van der Waals surface area contributed by atoms with Gasteiger partial charge in [0.1, 0.15) is 18.1 Å². The van der Waals surface area contributed by atoms with Crippen LogP contribution in [-0.2, 0) is 13.2 Å². The molecule has 0 spiro atoms. The van der Waals surface area contributed by atoms with Crippen LogP contribution in [0.5, 0.6) is 23.1 Å². The van der Waals surface area contributed by atoms with Gasteiger partial charge in [-0.05, 0) is 37.6 Å². The summed E-state index contributed by atoms with van der Waals surface area (Å²) in [7, 11) is 1.61. The average molecular weight is 435 g/mol. The summed E-state index contributed by atoms with van der Waals surface area (Å²) in [5, 5.41) is 4.96. The molecule has 2 aromatic carbocycles. The third kappa shape index (κ3) is 4.66. The van der Waals surface area contributed by atoms with E-state index in [-0.39, 0.29) is 0 Å². The van der Waals surface area contributed by atoms with Crippen LogP contribution >= 0.6 is 23.2 Å². The Morgan fingerprint density at radius 3 is 2.41 bits per heavy atom. The molecule has 1 heterocycles. The second kappa shape index (κ2) is 9.20. The fourth-order valence-corrected chi connectivity index (χ4v) is 3.19. The molecule has 152 valence electrons. The fourth-order valence-electron chi connectivity index (χ4n) is 2.72. The van der Waals surface area contributed by atoms with Crippen molar-refractivity contribution in [2.24, 2.45) is 0 Å². The van der Waals surface area contributed by atoms with Crippen molar-refractivity contribution >= 4 is 29.5 Å². The molecule has 0 saturated carbocycles. The van der Waals surface area contributed by atoms with E-state index in [0.29, 0.717) is 51.8 Å². The van der Waals surface area contributed by atoms with Gasteiger partial charge in [-0.2, -0.15) is 5.10 Å². The summed E-state index contributed by atoms with van der Waals surface area (Å²) in [4.78, 5) is 11.5. The molecule has 0 aliphatic rings. The number of carbonyl (C=O) groups excluding carboxylic acids is 1. The Labute approximate surface area is 178 Å². The third-order valence-electron chi connectivity index (χ3n) is 4.29. The summed E-state index contributed by atoms with van der Waals surface area (Å²) < 4.78 is 18.5. The average Bonchev–Trinajstić information content (AvgIpc) is 3.03. The van der Waals surface area contributed by atoms with Gasteiger partial charge in [0, 0.05) is 12.6 Å². The van der Waals surface area contributed by atoms with Crippen LogP contribution in [0.2, 0.25) is 10.0 Å². The summed E-state index contributed by atoms with van der Waals surface area (Å²) in [5.74, 6) is 1.82. The molecule has 0 bridgehead atoms. The molecule has 1 aromatic heterocycles. The van der Waals surface area contributed by atoms with Crippen LogP contribution in [0.1, 0.15) is 28.5 Å². The predicted molar refractivity (Wildman–Crippen MR) is 112 cm³/mol. The Bertz CT molecular complexity index is 1020. The van der Waals surface area contributed by atoms with Gasteiger partial charge in [-0.3, -0.25) is 4.79 Å². The lowest BCUT2D eigenvalue weighted by Gasteiger charge is -2.14. The van der Waals surface area contributed by atoms with E-state index in [1.54, 1.807) is 30.8 Å². The number of aromatic nitrogens is 2. The van der Waals surface area contributed by atoms with Gasteiger partial charge in [0.15, 0.2) is 12.0 Å². The number of hydrogen-bond donors (Lipinski definition) is 0. The maximum atomic E-state index is 11.5. The van der Waals surface area contributed by atoms with Crippen molar-refractivity contribution in [3.8, 4) is 23.1 Å². The number of rotatable bonds is 8. The maximum absolute atomic E-state index is 11.5. The Hall–Kier alpha value is -2.70. The number of ether oxygens (including phenoxy) is 3. The summed E-state index contributed by atoms with van der Waals surface area (Å²) in [6.07, 6.45) is 0.717. The Balaban J connectivity index is 1.85. The van der Waals surface area contributed by atoms with Gasteiger partial charge < -0.3 is 14.2 Å². The molecule has 0 aliphatic carbocycles. The molecule has 0 unspecified atom stereocenters. The SMILES string of the molecule is CCn1nc(C)c(C=O)c1Oc1cc(OCc2ccc(OC)cc2)c(Cl)cc1Cl. The zero-order valence-electron chi connectivity index (χ0n) is 16.2. The molecule has 3 aromatic rings. The van der Waals surface area contributed by atoms with Gasteiger partial charge >= 0.3 is 0 Å². The summed E-state index contributed by atoms with van der Waals surface area (Å²) in [6, 6.07) is 10.7. The number of methoxy groups -OCH3 is 1. The van der Waals surface area contributed by atoms with E-state index in [2.05, 4.69) is 5.10 Å². The van der Waals surface area contributed by atoms with Gasteiger partial charge in [-0.25, -0.2) is 4.68 Å². The van der Waals surface area contributed by atoms with Crippen molar-refractivity contribution in [3.63, 3.8) is 0 Å². The van der Waals surface area contributed by atoms with E-state index in [9.17, 15) is 4.79 Å². The maximum Gasteiger partial charge on any atom is 0.228 e.